The molecule has 3 heterocycles. The Balaban J connectivity index is 1.12. The van der Waals surface area contributed by atoms with Crippen LogP contribution in [0, 0.1) is 0 Å². The van der Waals surface area contributed by atoms with Gasteiger partial charge in [-0.15, -0.1) is 0 Å². The molecule has 3 aromatic rings. The van der Waals surface area contributed by atoms with Gasteiger partial charge in [-0.2, -0.15) is 5.10 Å². The lowest BCUT2D eigenvalue weighted by molar-refractivity contribution is -0.117. The molecule has 37 heavy (non-hydrogen) atoms. The number of carbonyl (C=O) groups excluding carboxylic acids is 2. The van der Waals surface area contributed by atoms with Crippen molar-refractivity contribution in [3.05, 3.63) is 72.1 Å². The molecule has 2 aromatic heterocycles. The van der Waals surface area contributed by atoms with Crippen molar-refractivity contribution in [3.63, 3.8) is 0 Å². The summed E-state index contributed by atoms with van der Waals surface area (Å²) in [7, 11) is 0. The number of amides is 2. The minimum absolute atomic E-state index is 0.0950. The molecule has 1 saturated heterocycles. The van der Waals surface area contributed by atoms with E-state index in [4.69, 9.17) is 4.74 Å². The molecule has 0 unspecified atom stereocenters. The number of nitrogens with zero attached hydrogens (tertiary/aromatic N) is 3. The van der Waals surface area contributed by atoms with Gasteiger partial charge < -0.3 is 15.4 Å². The van der Waals surface area contributed by atoms with Crippen molar-refractivity contribution in [3.8, 4) is 11.1 Å². The largest absolute Gasteiger partial charge is 0.379 e. The number of pyridine rings is 1. The molecule has 1 saturated carbocycles. The number of carbonyl (C=O) groups is 2. The molecule has 192 valence electrons. The highest BCUT2D eigenvalue weighted by Crippen LogP contribution is 2.39. The summed E-state index contributed by atoms with van der Waals surface area (Å²) in [6.07, 6.45) is 7.49. The van der Waals surface area contributed by atoms with E-state index in [0.29, 0.717) is 17.6 Å². The monoisotopic (exact) mass is 500 g/mol. The summed E-state index contributed by atoms with van der Waals surface area (Å²) in [6.45, 7) is 5.85. The molecule has 1 aliphatic carbocycles. The molecular weight excluding hydrogens is 468 g/mol. The van der Waals surface area contributed by atoms with E-state index in [1.165, 1.54) is 12.8 Å². The van der Waals surface area contributed by atoms with Crippen molar-refractivity contribution in [2.45, 2.75) is 31.6 Å². The third kappa shape index (κ3) is 6.69. The Morgan fingerprint density at radius 2 is 1.84 bits per heavy atom. The highest BCUT2D eigenvalue weighted by molar-refractivity contribution is 5.98. The van der Waals surface area contributed by atoms with Gasteiger partial charge in [0.25, 0.3) is 0 Å². The smallest absolute Gasteiger partial charge is 0.249 e. The fourth-order valence-corrected chi connectivity index (χ4v) is 4.25. The van der Waals surface area contributed by atoms with Gasteiger partial charge in [0.05, 0.1) is 19.1 Å². The van der Waals surface area contributed by atoms with Crippen LogP contribution in [0.1, 0.15) is 42.9 Å². The van der Waals surface area contributed by atoms with Gasteiger partial charge in [0, 0.05) is 55.1 Å². The lowest BCUT2D eigenvalue weighted by atomic mass is 9.97. The van der Waals surface area contributed by atoms with E-state index in [1.54, 1.807) is 18.3 Å². The molecule has 1 aliphatic heterocycles. The first-order chi connectivity index (χ1) is 18.0. The van der Waals surface area contributed by atoms with Crippen molar-refractivity contribution in [2.24, 2.45) is 0 Å². The molecule has 5 rings (SSSR count). The van der Waals surface area contributed by atoms with Gasteiger partial charge >= 0.3 is 0 Å². The van der Waals surface area contributed by atoms with E-state index in [9.17, 15) is 9.59 Å². The fourth-order valence-electron chi connectivity index (χ4n) is 4.25. The summed E-state index contributed by atoms with van der Waals surface area (Å²) in [4.78, 5) is 31.5. The number of benzene rings is 1. The SMILES string of the molecule is C[C@@H](C(=O)Nc1cc(C2CC2)[nH]n1)c1ccc(-c2ccc(NC(=O)/C=C/CN3CCOCC3)nc2)cc1. The number of aromatic nitrogens is 3. The standard InChI is InChI=1S/C28H32N6O3/c1-19(28(36)31-26-17-24(32-33-26)22-8-9-22)20-4-6-21(7-5-20)23-10-11-25(29-18-23)30-27(35)3-2-12-34-13-15-37-16-14-34/h2-7,10-11,17-19,22H,8-9,12-16H2,1H3,(H,29,30,35)(H2,31,32,33,36)/b3-2+/t19-/m1/s1. The highest BCUT2D eigenvalue weighted by atomic mass is 16.5. The summed E-state index contributed by atoms with van der Waals surface area (Å²) >= 11 is 0. The van der Waals surface area contributed by atoms with Crippen molar-refractivity contribution in [2.75, 3.05) is 43.5 Å². The van der Waals surface area contributed by atoms with Crippen LogP contribution < -0.4 is 10.6 Å². The number of ether oxygens (including phenoxy) is 1. The van der Waals surface area contributed by atoms with Crippen LogP contribution in [-0.2, 0) is 14.3 Å². The normalized spacial score (nSPS) is 17.0. The Morgan fingerprint density at radius 1 is 1.08 bits per heavy atom. The number of H-pyrrole nitrogens is 1. The number of nitrogens with one attached hydrogen (secondary N) is 3. The van der Waals surface area contributed by atoms with E-state index in [1.807, 2.05) is 49.4 Å². The van der Waals surface area contributed by atoms with Crippen LogP contribution in [0.5, 0.6) is 0 Å². The van der Waals surface area contributed by atoms with E-state index in [0.717, 1.165) is 55.2 Å². The summed E-state index contributed by atoms with van der Waals surface area (Å²) in [5, 5.41) is 12.9. The Labute approximate surface area is 216 Å². The molecule has 0 radical (unpaired) electrons. The van der Waals surface area contributed by atoms with Crippen molar-refractivity contribution < 1.29 is 14.3 Å². The average molecular weight is 501 g/mol. The Hall–Kier alpha value is -3.82. The van der Waals surface area contributed by atoms with E-state index < -0.39 is 0 Å². The maximum absolute atomic E-state index is 12.7. The molecular formula is C28H32N6O3. The van der Waals surface area contributed by atoms with Crippen molar-refractivity contribution in [1.29, 1.82) is 0 Å². The van der Waals surface area contributed by atoms with Crippen LogP contribution in [0.4, 0.5) is 11.6 Å². The molecule has 1 aromatic carbocycles. The third-order valence-electron chi connectivity index (χ3n) is 6.75. The second-order valence-corrected chi connectivity index (χ2v) is 9.55. The molecule has 1 atom stereocenters. The van der Waals surface area contributed by atoms with Gasteiger partial charge in [-0.3, -0.25) is 19.6 Å². The third-order valence-corrected chi connectivity index (χ3v) is 6.75. The molecule has 2 amide bonds. The molecule has 0 spiro atoms. The van der Waals surface area contributed by atoms with Crippen molar-refractivity contribution in [1.82, 2.24) is 20.1 Å². The topological polar surface area (TPSA) is 112 Å². The van der Waals surface area contributed by atoms with Crippen LogP contribution in [0.15, 0.2) is 60.8 Å². The Kier molecular flexibility index (Phi) is 7.72. The maximum Gasteiger partial charge on any atom is 0.249 e. The summed E-state index contributed by atoms with van der Waals surface area (Å²) < 4.78 is 5.33. The van der Waals surface area contributed by atoms with Gasteiger partial charge in [0.1, 0.15) is 5.82 Å². The molecule has 2 fully saturated rings. The molecule has 9 nitrogen and oxygen atoms in total. The van der Waals surface area contributed by atoms with Gasteiger partial charge in [-0.05, 0) is 43.0 Å². The highest BCUT2D eigenvalue weighted by Gasteiger charge is 2.26. The zero-order valence-electron chi connectivity index (χ0n) is 20.9. The lowest BCUT2D eigenvalue weighted by Crippen LogP contribution is -2.36. The number of anilines is 2. The van der Waals surface area contributed by atoms with Crippen LogP contribution in [0.2, 0.25) is 0 Å². The first kappa shape index (κ1) is 24.9. The zero-order valence-corrected chi connectivity index (χ0v) is 20.9. The van der Waals surface area contributed by atoms with Crippen molar-refractivity contribution >= 4 is 23.5 Å². The first-order valence-electron chi connectivity index (χ1n) is 12.8. The quantitative estimate of drug-likeness (QED) is 0.384. The van der Waals surface area contributed by atoms with Crippen LogP contribution in [-0.4, -0.2) is 64.7 Å². The maximum atomic E-state index is 12.7. The predicted molar refractivity (Wildman–Crippen MR) is 142 cm³/mol. The minimum Gasteiger partial charge on any atom is -0.379 e. The number of hydrogen-bond acceptors (Lipinski definition) is 6. The molecule has 9 heteroatoms. The lowest BCUT2D eigenvalue weighted by Gasteiger charge is -2.24. The molecule has 0 bridgehead atoms. The summed E-state index contributed by atoms with van der Waals surface area (Å²) in [6, 6.07) is 13.5. The predicted octanol–water partition coefficient (Wildman–Crippen LogP) is 3.92. The number of morpholine rings is 1. The first-order valence-corrected chi connectivity index (χ1v) is 12.8. The Bertz CT molecular complexity index is 1240. The van der Waals surface area contributed by atoms with E-state index in [2.05, 4.69) is 30.7 Å². The van der Waals surface area contributed by atoms with Gasteiger partial charge in [0.15, 0.2) is 5.82 Å². The van der Waals surface area contributed by atoms with Crippen LogP contribution in [0.3, 0.4) is 0 Å². The molecule has 2 aliphatic rings. The van der Waals surface area contributed by atoms with E-state index >= 15 is 0 Å². The minimum atomic E-state index is -0.317. The van der Waals surface area contributed by atoms with Gasteiger partial charge in [-0.1, -0.05) is 30.3 Å². The van der Waals surface area contributed by atoms with Gasteiger partial charge in [0.2, 0.25) is 11.8 Å². The fraction of sp³-hybridized carbons (Fsp3) is 0.357. The Morgan fingerprint density at radius 3 is 2.54 bits per heavy atom. The second kappa shape index (κ2) is 11.5. The average Bonchev–Trinajstić information content (AvgIpc) is 3.68. The van der Waals surface area contributed by atoms with E-state index in [-0.39, 0.29) is 17.7 Å². The van der Waals surface area contributed by atoms with Crippen LogP contribution >= 0.6 is 0 Å². The number of aromatic amines is 1. The van der Waals surface area contributed by atoms with Crippen LogP contribution in [0.25, 0.3) is 11.1 Å². The summed E-state index contributed by atoms with van der Waals surface area (Å²) in [5.41, 5.74) is 3.91. The van der Waals surface area contributed by atoms with Gasteiger partial charge in [-0.25, -0.2) is 4.98 Å². The molecule has 3 N–H and O–H groups in total. The number of rotatable bonds is 9. The summed E-state index contributed by atoms with van der Waals surface area (Å²) in [5.74, 6) is 1.01. The number of hydrogen-bond donors (Lipinski definition) is 3. The second-order valence-electron chi connectivity index (χ2n) is 9.55. The zero-order chi connectivity index (χ0) is 25.6.